The molecule has 0 N–H and O–H groups in total. The standard InChI is InChI=1S/C12H11Cl3N2O2S/c1-2-3-10-11(20(15,18)19)12(14)17(16-10)9-6-4-8(13)5-7-9/h4-7H,2-3H2,1H3. The molecule has 0 saturated heterocycles. The van der Waals surface area contributed by atoms with Gasteiger partial charge in [-0.3, -0.25) is 0 Å². The van der Waals surface area contributed by atoms with Crippen LogP contribution in [0.2, 0.25) is 10.2 Å². The van der Waals surface area contributed by atoms with Gasteiger partial charge in [-0.15, -0.1) is 0 Å². The maximum atomic E-state index is 11.7. The zero-order valence-electron chi connectivity index (χ0n) is 10.5. The van der Waals surface area contributed by atoms with Gasteiger partial charge in [0.2, 0.25) is 0 Å². The lowest BCUT2D eigenvalue weighted by Gasteiger charge is -2.02. The molecular weight excluding hydrogens is 343 g/mol. The lowest BCUT2D eigenvalue weighted by Crippen LogP contribution is -1.97. The van der Waals surface area contributed by atoms with E-state index in [9.17, 15) is 8.42 Å². The fourth-order valence-corrected chi connectivity index (χ4v) is 3.81. The fourth-order valence-electron chi connectivity index (χ4n) is 1.82. The van der Waals surface area contributed by atoms with Crippen LogP contribution in [0.3, 0.4) is 0 Å². The quantitative estimate of drug-likeness (QED) is 0.779. The number of nitrogens with zero attached hydrogens (tertiary/aromatic N) is 2. The van der Waals surface area contributed by atoms with Gasteiger partial charge in [-0.25, -0.2) is 13.1 Å². The summed E-state index contributed by atoms with van der Waals surface area (Å²) in [7, 11) is 1.49. The average Bonchev–Trinajstić information content (AvgIpc) is 2.67. The molecule has 0 spiro atoms. The van der Waals surface area contributed by atoms with Crippen molar-refractivity contribution in [3.05, 3.63) is 40.1 Å². The molecule has 1 aromatic carbocycles. The van der Waals surface area contributed by atoms with E-state index in [-0.39, 0.29) is 10.0 Å². The van der Waals surface area contributed by atoms with Crippen molar-refractivity contribution < 1.29 is 8.42 Å². The van der Waals surface area contributed by atoms with Crippen molar-refractivity contribution in [1.82, 2.24) is 9.78 Å². The number of benzene rings is 1. The van der Waals surface area contributed by atoms with Crippen LogP contribution >= 0.6 is 33.9 Å². The number of hydrogen-bond acceptors (Lipinski definition) is 3. The van der Waals surface area contributed by atoms with E-state index in [1.54, 1.807) is 24.3 Å². The third-order valence-corrected chi connectivity index (χ3v) is 4.75. The molecule has 2 rings (SSSR count). The number of rotatable bonds is 4. The summed E-state index contributed by atoms with van der Waals surface area (Å²) in [5.74, 6) is 0. The Bertz CT molecular complexity index is 724. The summed E-state index contributed by atoms with van der Waals surface area (Å²) in [6, 6.07) is 6.73. The van der Waals surface area contributed by atoms with Crippen LogP contribution in [-0.4, -0.2) is 18.2 Å². The van der Waals surface area contributed by atoms with Crippen LogP contribution in [0.15, 0.2) is 29.2 Å². The van der Waals surface area contributed by atoms with Crippen LogP contribution in [0.25, 0.3) is 5.69 Å². The minimum Gasteiger partial charge on any atom is -0.221 e. The van der Waals surface area contributed by atoms with E-state index in [0.717, 1.165) is 6.42 Å². The summed E-state index contributed by atoms with van der Waals surface area (Å²) >= 11 is 11.9. The first-order valence-electron chi connectivity index (χ1n) is 5.82. The molecule has 0 amide bonds. The molecule has 0 aliphatic rings. The Morgan fingerprint density at radius 1 is 1.20 bits per heavy atom. The van der Waals surface area contributed by atoms with Gasteiger partial charge in [-0.1, -0.05) is 36.5 Å². The molecule has 0 bridgehead atoms. The second kappa shape index (κ2) is 5.93. The van der Waals surface area contributed by atoms with Crippen molar-refractivity contribution in [2.75, 3.05) is 0 Å². The molecule has 0 unspecified atom stereocenters. The third-order valence-electron chi connectivity index (χ3n) is 2.66. The van der Waals surface area contributed by atoms with Crippen molar-refractivity contribution in [2.45, 2.75) is 24.7 Å². The zero-order valence-corrected chi connectivity index (χ0v) is 13.6. The van der Waals surface area contributed by atoms with Crippen molar-refractivity contribution in [3.63, 3.8) is 0 Å². The maximum Gasteiger partial charge on any atom is 0.266 e. The molecule has 1 aromatic heterocycles. The molecule has 0 saturated carbocycles. The van der Waals surface area contributed by atoms with E-state index in [1.165, 1.54) is 4.68 Å². The number of halogens is 3. The highest BCUT2D eigenvalue weighted by atomic mass is 35.7. The summed E-state index contributed by atoms with van der Waals surface area (Å²) in [4.78, 5) is -0.127. The van der Waals surface area contributed by atoms with Gasteiger partial charge in [0.05, 0.1) is 11.4 Å². The number of aryl methyl sites for hydroxylation is 1. The predicted octanol–water partition coefficient (Wildman–Crippen LogP) is 4.06. The van der Waals surface area contributed by atoms with Crippen molar-refractivity contribution in [3.8, 4) is 5.69 Å². The molecule has 20 heavy (non-hydrogen) atoms. The second-order valence-corrected chi connectivity index (χ2v) is 7.44. The van der Waals surface area contributed by atoms with E-state index in [0.29, 0.717) is 22.8 Å². The minimum absolute atomic E-state index is 0.0224. The Labute approximate surface area is 131 Å². The largest absolute Gasteiger partial charge is 0.266 e. The van der Waals surface area contributed by atoms with E-state index in [4.69, 9.17) is 33.9 Å². The minimum atomic E-state index is -3.95. The first kappa shape index (κ1) is 15.6. The van der Waals surface area contributed by atoms with Gasteiger partial charge < -0.3 is 0 Å². The van der Waals surface area contributed by atoms with E-state index in [1.807, 2.05) is 6.92 Å². The molecule has 4 nitrogen and oxygen atoms in total. The van der Waals surface area contributed by atoms with Crippen molar-refractivity contribution >= 4 is 42.9 Å². The molecule has 0 fully saturated rings. The molecule has 108 valence electrons. The monoisotopic (exact) mass is 352 g/mol. The molecule has 1 heterocycles. The van der Waals surface area contributed by atoms with Crippen molar-refractivity contribution in [1.29, 1.82) is 0 Å². The van der Waals surface area contributed by atoms with Crippen LogP contribution in [0, 0.1) is 0 Å². The highest BCUT2D eigenvalue weighted by Crippen LogP contribution is 2.31. The summed E-state index contributed by atoms with van der Waals surface area (Å²) < 4.78 is 24.7. The Morgan fingerprint density at radius 2 is 1.80 bits per heavy atom. The Balaban J connectivity index is 2.64. The summed E-state index contributed by atoms with van der Waals surface area (Å²) in [6.45, 7) is 1.92. The Morgan fingerprint density at radius 3 is 2.30 bits per heavy atom. The van der Waals surface area contributed by atoms with Crippen LogP contribution in [0.5, 0.6) is 0 Å². The Hall–Kier alpha value is -0.750. The van der Waals surface area contributed by atoms with Gasteiger partial charge in [0.25, 0.3) is 9.05 Å². The van der Waals surface area contributed by atoms with Gasteiger partial charge >= 0.3 is 0 Å². The van der Waals surface area contributed by atoms with E-state index >= 15 is 0 Å². The smallest absolute Gasteiger partial charge is 0.221 e. The van der Waals surface area contributed by atoms with Crippen LogP contribution in [-0.2, 0) is 15.5 Å². The number of aromatic nitrogens is 2. The lowest BCUT2D eigenvalue weighted by atomic mass is 10.2. The van der Waals surface area contributed by atoms with Gasteiger partial charge in [0, 0.05) is 15.7 Å². The predicted molar refractivity (Wildman–Crippen MR) is 80.6 cm³/mol. The van der Waals surface area contributed by atoms with Crippen LogP contribution < -0.4 is 0 Å². The van der Waals surface area contributed by atoms with Crippen LogP contribution in [0.1, 0.15) is 19.0 Å². The summed E-state index contributed by atoms with van der Waals surface area (Å²) in [5.41, 5.74) is 0.978. The van der Waals surface area contributed by atoms with Gasteiger partial charge in [-0.05, 0) is 30.7 Å². The second-order valence-electron chi connectivity index (χ2n) is 4.14. The first-order valence-corrected chi connectivity index (χ1v) is 8.89. The van der Waals surface area contributed by atoms with Gasteiger partial charge in [0.1, 0.15) is 4.90 Å². The molecule has 0 aliphatic heterocycles. The lowest BCUT2D eigenvalue weighted by molar-refractivity contribution is 0.608. The number of hydrogen-bond donors (Lipinski definition) is 0. The van der Waals surface area contributed by atoms with Crippen molar-refractivity contribution in [2.24, 2.45) is 0 Å². The van der Waals surface area contributed by atoms with Gasteiger partial charge in [0.15, 0.2) is 5.15 Å². The highest BCUT2D eigenvalue weighted by Gasteiger charge is 2.26. The van der Waals surface area contributed by atoms with Crippen LogP contribution in [0.4, 0.5) is 0 Å². The first-order chi connectivity index (χ1) is 9.34. The average molecular weight is 354 g/mol. The molecule has 0 radical (unpaired) electrons. The molecule has 8 heteroatoms. The summed E-state index contributed by atoms with van der Waals surface area (Å²) in [6.07, 6.45) is 1.20. The Kier molecular flexibility index (Phi) is 4.64. The normalized spacial score (nSPS) is 11.8. The zero-order chi connectivity index (χ0) is 14.9. The molecule has 2 aromatic rings. The fraction of sp³-hybridized carbons (Fsp3) is 0.250. The van der Waals surface area contributed by atoms with E-state index in [2.05, 4.69) is 5.10 Å². The molecule has 0 atom stereocenters. The highest BCUT2D eigenvalue weighted by molar-refractivity contribution is 8.13. The maximum absolute atomic E-state index is 11.7. The molecular formula is C12H11Cl3N2O2S. The topological polar surface area (TPSA) is 52.0 Å². The molecule has 0 aliphatic carbocycles. The van der Waals surface area contributed by atoms with Gasteiger partial charge in [-0.2, -0.15) is 5.10 Å². The third kappa shape index (κ3) is 3.11. The van der Waals surface area contributed by atoms with E-state index < -0.39 is 9.05 Å². The SMILES string of the molecule is CCCc1nn(-c2ccc(Cl)cc2)c(Cl)c1S(=O)(=O)Cl. The summed E-state index contributed by atoms with van der Waals surface area (Å²) in [5, 5.41) is 4.79.